The second kappa shape index (κ2) is 5.36. The first-order valence-electron chi connectivity index (χ1n) is 5.13. The molecule has 3 N–H and O–H groups in total. The van der Waals surface area contributed by atoms with Gasteiger partial charge in [0.1, 0.15) is 17.7 Å². The molecule has 0 aliphatic heterocycles. The van der Waals surface area contributed by atoms with Gasteiger partial charge in [0.25, 0.3) is 0 Å². The standard InChI is InChI=1S/C11H11BrClFN4/c1-18-5-4-16-11(18)10(17-15)6-2-3-7(12)8(13)9(6)14/h2-5,10,17H,15H2,1H3. The number of halogens is 3. The molecule has 2 aromatic rings. The van der Waals surface area contributed by atoms with Gasteiger partial charge in [0.2, 0.25) is 0 Å². The molecule has 0 radical (unpaired) electrons. The van der Waals surface area contributed by atoms with E-state index in [0.29, 0.717) is 15.9 Å². The lowest BCUT2D eigenvalue weighted by Gasteiger charge is -2.17. The molecule has 2 rings (SSSR count). The van der Waals surface area contributed by atoms with Crippen LogP contribution in [-0.4, -0.2) is 9.55 Å². The number of imidazole rings is 1. The zero-order valence-corrected chi connectivity index (χ0v) is 11.8. The van der Waals surface area contributed by atoms with Crippen LogP contribution >= 0.6 is 27.5 Å². The van der Waals surface area contributed by atoms with Crippen LogP contribution in [0.15, 0.2) is 29.0 Å². The van der Waals surface area contributed by atoms with E-state index in [-0.39, 0.29) is 5.02 Å². The fourth-order valence-electron chi connectivity index (χ4n) is 1.72. The largest absolute Gasteiger partial charge is 0.336 e. The Labute approximate surface area is 117 Å². The molecule has 7 heteroatoms. The van der Waals surface area contributed by atoms with Crippen molar-refractivity contribution in [2.24, 2.45) is 12.9 Å². The predicted octanol–water partition coefficient (Wildman–Crippen LogP) is 2.53. The lowest BCUT2D eigenvalue weighted by atomic mass is 10.1. The van der Waals surface area contributed by atoms with Crippen LogP contribution in [0.1, 0.15) is 17.4 Å². The number of aryl methyl sites for hydroxylation is 1. The van der Waals surface area contributed by atoms with Crippen LogP contribution in [0.25, 0.3) is 0 Å². The summed E-state index contributed by atoms with van der Waals surface area (Å²) >= 11 is 9.04. The summed E-state index contributed by atoms with van der Waals surface area (Å²) in [5.41, 5.74) is 2.90. The number of aromatic nitrogens is 2. The number of hydrogen-bond acceptors (Lipinski definition) is 3. The van der Waals surface area contributed by atoms with Crippen molar-refractivity contribution in [2.45, 2.75) is 6.04 Å². The average molecular weight is 334 g/mol. The number of nitrogens with one attached hydrogen (secondary N) is 1. The van der Waals surface area contributed by atoms with Gasteiger partial charge in [0.05, 0.1) is 5.02 Å². The Morgan fingerprint density at radius 2 is 2.28 bits per heavy atom. The molecule has 1 atom stereocenters. The highest BCUT2D eigenvalue weighted by atomic mass is 79.9. The number of hydrogen-bond donors (Lipinski definition) is 2. The number of rotatable bonds is 3. The van der Waals surface area contributed by atoms with Crippen LogP contribution in [-0.2, 0) is 7.05 Å². The molecule has 1 aromatic carbocycles. The molecule has 0 saturated carbocycles. The minimum atomic E-state index is -0.560. The van der Waals surface area contributed by atoms with E-state index < -0.39 is 11.9 Å². The SMILES string of the molecule is Cn1ccnc1C(NN)c1ccc(Br)c(Cl)c1F. The highest BCUT2D eigenvalue weighted by molar-refractivity contribution is 9.10. The Morgan fingerprint density at radius 1 is 1.56 bits per heavy atom. The maximum Gasteiger partial charge on any atom is 0.148 e. The lowest BCUT2D eigenvalue weighted by molar-refractivity contribution is 0.533. The van der Waals surface area contributed by atoms with Gasteiger partial charge in [0.15, 0.2) is 0 Å². The summed E-state index contributed by atoms with van der Waals surface area (Å²) in [6, 6.07) is 2.73. The van der Waals surface area contributed by atoms with Crippen molar-refractivity contribution in [3.8, 4) is 0 Å². The average Bonchev–Trinajstić information content (AvgIpc) is 2.77. The van der Waals surface area contributed by atoms with Crippen molar-refractivity contribution in [3.05, 3.63) is 51.2 Å². The number of benzene rings is 1. The van der Waals surface area contributed by atoms with Crippen molar-refractivity contribution < 1.29 is 4.39 Å². The van der Waals surface area contributed by atoms with Gasteiger partial charge in [-0.2, -0.15) is 0 Å². The molecule has 0 aliphatic rings. The summed E-state index contributed by atoms with van der Waals surface area (Å²) in [6.07, 6.45) is 3.39. The van der Waals surface area contributed by atoms with E-state index in [1.54, 1.807) is 29.1 Å². The minimum absolute atomic E-state index is 0.0296. The van der Waals surface area contributed by atoms with Gasteiger partial charge in [-0.3, -0.25) is 5.84 Å². The van der Waals surface area contributed by atoms with Crippen molar-refractivity contribution in [2.75, 3.05) is 0 Å². The Kier molecular flexibility index (Phi) is 4.01. The van der Waals surface area contributed by atoms with E-state index in [1.165, 1.54) is 0 Å². The fourth-order valence-corrected chi connectivity index (χ4v) is 2.20. The van der Waals surface area contributed by atoms with Gasteiger partial charge in [-0.15, -0.1) is 0 Å². The van der Waals surface area contributed by atoms with Crippen molar-refractivity contribution in [3.63, 3.8) is 0 Å². The van der Waals surface area contributed by atoms with E-state index in [0.717, 1.165) is 0 Å². The van der Waals surface area contributed by atoms with E-state index in [2.05, 4.69) is 26.3 Å². The molecule has 1 heterocycles. The number of hydrazine groups is 1. The van der Waals surface area contributed by atoms with Crippen LogP contribution in [0, 0.1) is 5.82 Å². The summed E-state index contributed by atoms with van der Waals surface area (Å²) < 4.78 is 16.4. The summed E-state index contributed by atoms with van der Waals surface area (Å²) in [4.78, 5) is 4.16. The molecule has 0 fully saturated rings. The highest BCUT2D eigenvalue weighted by Gasteiger charge is 2.22. The van der Waals surface area contributed by atoms with Crippen LogP contribution < -0.4 is 11.3 Å². The van der Waals surface area contributed by atoms with Gasteiger partial charge in [-0.25, -0.2) is 14.8 Å². The normalized spacial score (nSPS) is 12.7. The van der Waals surface area contributed by atoms with Crippen molar-refractivity contribution >= 4 is 27.5 Å². The first-order chi connectivity index (χ1) is 8.56. The fraction of sp³-hybridized carbons (Fsp3) is 0.182. The summed E-state index contributed by atoms with van der Waals surface area (Å²) in [5.74, 6) is 5.59. The van der Waals surface area contributed by atoms with E-state index >= 15 is 0 Å². The van der Waals surface area contributed by atoms with E-state index in [1.807, 2.05) is 7.05 Å². The summed E-state index contributed by atoms with van der Waals surface area (Å²) in [7, 11) is 1.81. The zero-order valence-electron chi connectivity index (χ0n) is 9.49. The van der Waals surface area contributed by atoms with Gasteiger partial charge in [-0.1, -0.05) is 17.7 Å². The second-order valence-electron chi connectivity index (χ2n) is 3.76. The molecule has 0 saturated heterocycles. The Hall–Kier alpha value is -0.950. The van der Waals surface area contributed by atoms with Crippen LogP contribution in [0.2, 0.25) is 5.02 Å². The van der Waals surface area contributed by atoms with Crippen molar-refractivity contribution in [1.82, 2.24) is 15.0 Å². The topological polar surface area (TPSA) is 55.9 Å². The first-order valence-corrected chi connectivity index (χ1v) is 6.30. The smallest absolute Gasteiger partial charge is 0.148 e. The molecule has 0 spiro atoms. The lowest BCUT2D eigenvalue weighted by Crippen LogP contribution is -2.31. The number of nitrogens with zero attached hydrogens (tertiary/aromatic N) is 2. The van der Waals surface area contributed by atoms with Crippen LogP contribution in [0.4, 0.5) is 4.39 Å². The third kappa shape index (κ3) is 2.29. The van der Waals surface area contributed by atoms with Crippen LogP contribution in [0.3, 0.4) is 0 Å². The second-order valence-corrected chi connectivity index (χ2v) is 4.99. The molecule has 4 nitrogen and oxygen atoms in total. The van der Waals surface area contributed by atoms with Crippen LogP contribution in [0.5, 0.6) is 0 Å². The van der Waals surface area contributed by atoms with Gasteiger partial charge in [0, 0.05) is 29.5 Å². The predicted molar refractivity (Wildman–Crippen MR) is 71.5 cm³/mol. The molecular weight excluding hydrogens is 323 g/mol. The molecule has 0 aliphatic carbocycles. The van der Waals surface area contributed by atoms with Gasteiger partial charge in [-0.05, 0) is 22.0 Å². The molecule has 1 unspecified atom stereocenters. The quantitative estimate of drug-likeness (QED) is 0.515. The van der Waals surface area contributed by atoms with E-state index in [9.17, 15) is 4.39 Å². The molecular formula is C11H11BrClFN4. The molecule has 0 amide bonds. The molecule has 96 valence electrons. The maximum absolute atomic E-state index is 14.1. The third-order valence-corrected chi connectivity index (χ3v) is 3.92. The Morgan fingerprint density at radius 3 is 2.83 bits per heavy atom. The van der Waals surface area contributed by atoms with E-state index in [4.69, 9.17) is 17.4 Å². The summed E-state index contributed by atoms with van der Waals surface area (Å²) in [6.45, 7) is 0. The highest BCUT2D eigenvalue weighted by Crippen LogP contribution is 2.32. The Balaban J connectivity index is 2.53. The maximum atomic E-state index is 14.1. The molecule has 18 heavy (non-hydrogen) atoms. The summed E-state index contributed by atoms with van der Waals surface area (Å²) in [5, 5.41) is 0.0296. The monoisotopic (exact) mass is 332 g/mol. The van der Waals surface area contributed by atoms with Crippen molar-refractivity contribution in [1.29, 1.82) is 0 Å². The third-order valence-electron chi connectivity index (χ3n) is 2.66. The number of nitrogens with two attached hydrogens (primary N) is 1. The van der Waals surface area contributed by atoms with Gasteiger partial charge < -0.3 is 4.57 Å². The molecule has 0 bridgehead atoms. The first kappa shape index (κ1) is 13.5. The Bertz CT molecular complexity index is 572. The van der Waals surface area contributed by atoms with Gasteiger partial charge >= 0.3 is 0 Å². The minimum Gasteiger partial charge on any atom is -0.336 e. The zero-order chi connectivity index (χ0) is 13.3. The molecule has 1 aromatic heterocycles.